The van der Waals surface area contributed by atoms with Gasteiger partial charge in [0.15, 0.2) is 0 Å². The summed E-state index contributed by atoms with van der Waals surface area (Å²) in [6.45, 7) is 4.40. The Morgan fingerprint density at radius 3 is 2.77 bits per heavy atom. The molecular formula is C17H22ClN3O. The lowest BCUT2D eigenvalue weighted by molar-refractivity contribution is 0.198. The molecule has 22 heavy (non-hydrogen) atoms. The molecular weight excluding hydrogens is 298 g/mol. The number of rotatable bonds is 4. The van der Waals surface area contributed by atoms with Crippen LogP contribution in [0, 0.1) is 0 Å². The van der Waals surface area contributed by atoms with E-state index < -0.39 is 0 Å². The van der Waals surface area contributed by atoms with E-state index in [4.69, 9.17) is 16.6 Å². The molecule has 1 aliphatic heterocycles. The van der Waals surface area contributed by atoms with E-state index in [0.29, 0.717) is 10.5 Å². The molecule has 0 unspecified atom stereocenters. The Bertz CT molecular complexity index is 705. The van der Waals surface area contributed by atoms with Gasteiger partial charge in [0.1, 0.15) is 0 Å². The monoisotopic (exact) mass is 319 g/mol. The van der Waals surface area contributed by atoms with Crippen molar-refractivity contribution in [2.45, 2.75) is 25.7 Å². The Kier molecular flexibility index (Phi) is 5.01. The Hall–Kier alpha value is -1.52. The Morgan fingerprint density at radius 2 is 1.95 bits per heavy atom. The van der Waals surface area contributed by atoms with Gasteiger partial charge in [0.25, 0.3) is 0 Å². The molecule has 4 nitrogen and oxygen atoms in total. The average Bonchev–Trinajstić information content (AvgIpc) is 2.55. The van der Waals surface area contributed by atoms with Crippen molar-refractivity contribution in [3.63, 3.8) is 0 Å². The summed E-state index contributed by atoms with van der Waals surface area (Å²) in [5.74, 6) is 0. The number of fused-ring (bicyclic) bond motifs is 1. The van der Waals surface area contributed by atoms with Gasteiger partial charge in [-0.05, 0) is 63.2 Å². The molecule has 3 rings (SSSR count). The van der Waals surface area contributed by atoms with Crippen molar-refractivity contribution < 1.29 is 5.21 Å². The zero-order chi connectivity index (χ0) is 15.4. The second kappa shape index (κ2) is 7.16. The highest BCUT2D eigenvalue weighted by molar-refractivity contribution is 6.31. The molecule has 0 radical (unpaired) electrons. The number of benzene rings is 1. The number of halogens is 1. The molecule has 0 atom stereocenters. The molecule has 0 aliphatic carbocycles. The molecule has 0 bridgehead atoms. The third-order valence-corrected chi connectivity index (χ3v) is 4.45. The van der Waals surface area contributed by atoms with E-state index in [1.165, 1.54) is 32.4 Å². The molecule has 118 valence electrons. The minimum Gasteiger partial charge on any atom is -0.428 e. The van der Waals surface area contributed by atoms with E-state index in [9.17, 15) is 5.21 Å². The molecule has 1 aromatic carbocycles. The summed E-state index contributed by atoms with van der Waals surface area (Å²) in [5.41, 5.74) is 0.685. The van der Waals surface area contributed by atoms with Gasteiger partial charge < -0.3 is 10.1 Å². The van der Waals surface area contributed by atoms with Gasteiger partial charge in [0, 0.05) is 23.2 Å². The summed E-state index contributed by atoms with van der Waals surface area (Å²) in [6, 6.07) is 7.34. The van der Waals surface area contributed by atoms with E-state index in [1.54, 1.807) is 12.3 Å². The van der Waals surface area contributed by atoms with Gasteiger partial charge in [-0.25, -0.2) is 0 Å². The maximum atomic E-state index is 9.87. The largest absolute Gasteiger partial charge is 0.428 e. The Labute approximate surface area is 135 Å². The number of piperidine rings is 1. The number of aromatic nitrogens is 1. The Balaban J connectivity index is 1.71. The van der Waals surface area contributed by atoms with Crippen molar-refractivity contribution in [2.75, 3.05) is 26.2 Å². The number of nitrogens with zero attached hydrogens (tertiary/aromatic N) is 3. The highest BCUT2D eigenvalue weighted by atomic mass is 35.5. The van der Waals surface area contributed by atoms with Crippen molar-refractivity contribution in [1.82, 2.24) is 9.63 Å². The molecule has 0 saturated carbocycles. The van der Waals surface area contributed by atoms with Gasteiger partial charge in [-0.1, -0.05) is 18.0 Å². The highest BCUT2D eigenvalue weighted by Gasteiger charge is 2.08. The predicted octanol–water partition coefficient (Wildman–Crippen LogP) is 3.31. The molecule has 1 aliphatic rings. The minimum atomic E-state index is 0.609. The first kappa shape index (κ1) is 15.4. The van der Waals surface area contributed by atoms with E-state index in [2.05, 4.69) is 4.90 Å². The summed E-state index contributed by atoms with van der Waals surface area (Å²) >= 11 is 6.00. The van der Waals surface area contributed by atoms with Crippen LogP contribution in [-0.2, 0) is 0 Å². The lowest BCUT2D eigenvalue weighted by Gasteiger charge is -2.25. The molecule has 1 saturated heterocycles. The van der Waals surface area contributed by atoms with E-state index >= 15 is 0 Å². The fourth-order valence-electron chi connectivity index (χ4n) is 3.04. The van der Waals surface area contributed by atoms with Crippen molar-refractivity contribution in [1.29, 1.82) is 0 Å². The Morgan fingerprint density at radius 1 is 1.14 bits per heavy atom. The normalized spacial score (nSPS) is 17.2. The third kappa shape index (κ3) is 3.62. The second-order valence-electron chi connectivity index (χ2n) is 5.84. The van der Waals surface area contributed by atoms with Crippen LogP contribution in [0.2, 0.25) is 5.02 Å². The highest BCUT2D eigenvalue weighted by Crippen LogP contribution is 2.15. The maximum Gasteiger partial charge on any atom is 0.0901 e. The third-order valence-electron chi connectivity index (χ3n) is 4.22. The molecule has 1 fully saturated rings. The van der Waals surface area contributed by atoms with Gasteiger partial charge >= 0.3 is 0 Å². The summed E-state index contributed by atoms with van der Waals surface area (Å²) < 4.78 is 1.09. The van der Waals surface area contributed by atoms with Crippen molar-refractivity contribution >= 4 is 22.5 Å². The van der Waals surface area contributed by atoms with Crippen molar-refractivity contribution in [3.8, 4) is 0 Å². The van der Waals surface area contributed by atoms with Gasteiger partial charge in [0.05, 0.1) is 10.9 Å². The first-order chi connectivity index (χ1) is 10.7. The van der Waals surface area contributed by atoms with Crippen molar-refractivity contribution in [3.05, 3.63) is 40.8 Å². The molecule has 2 aromatic rings. The molecule has 1 aromatic heterocycles. The van der Waals surface area contributed by atoms with Gasteiger partial charge in [-0.15, -0.1) is 0 Å². The van der Waals surface area contributed by atoms with Crippen LogP contribution in [0.3, 0.4) is 0 Å². The van der Waals surface area contributed by atoms with E-state index in [0.717, 1.165) is 35.0 Å². The van der Waals surface area contributed by atoms with Crippen LogP contribution in [0.15, 0.2) is 35.5 Å². The van der Waals surface area contributed by atoms with Gasteiger partial charge in [-0.2, -0.15) is 4.73 Å². The number of pyridine rings is 1. The lowest BCUT2D eigenvalue weighted by atomic mass is 10.1. The van der Waals surface area contributed by atoms with Crippen LogP contribution >= 0.6 is 11.6 Å². The molecule has 1 N–H and O–H groups in total. The SMILES string of the molecule is On1ccc(=NCCCN2CCCCC2)c2ccc(Cl)cc21. The van der Waals surface area contributed by atoms with Crippen LogP contribution in [0.1, 0.15) is 25.7 Å². The first-order valence-electron chi connectivity index (χ1n) is 7.97. The number of hydrogen-bond donors (Lipinski definition) is 1. The van der Waals surface area contributed by atoms with Crippen LogP contribution in [0.4, 0.5) is 0 Å². The van der Waals surface area contributed by atoms with Crippen LogP contribution in [0.25, 0.3) is 10.9 Å². The fraction of sp³-hybridized carbons (Fsp3) is 0.471. The minimum absolute atomic E-state index is 0.609. The molecule has 2 heterocycles. The van der Waals surface area contributed by atoms with Crippen LogP contribution < -0.4 is 5.36 Å². The smallest absolute Gasteiger partial charge is 0.0901 e. The molecule has 0 spiro atoms. The van der Waals surface area contributed by atoms with Gasteiger partial charge in [-0.3, -0.25) is 4.99 Å². The van der Waals surface area contributed by atoms with Crippen LogP contribution in [0.5, 0.6) is 0 Å². The zero-order valence-corrected chi connectivity index (χ0v) is 13.5. The summed E-state index contributed by atoms with van der Waals surface area (Å²) in [6.07, 6.45) is 6.72. The van der Waals surface area contributed by atoms with Gasteiger partial charge in [0.2, 0.25) is 0 Å². The fourth-order valence-corrected chi connectivity index (χ4v) is 3.20. The zero-order valence-electron chi connectivity index (χ0n) is 12.7. The summed E-state index contributed by atoms with van der Waals surface area (Å²) in [7, 11) is 0. The average molecular weight is 320 g/mol. The first-order valence-corrected chi connectivity index (χ1v) is 8.35. The summed E-state index contributed by atoms with van der Waals surface area (Å²) in [4.78, 5) is 7.23. The van der Waals surface area contributed by atoms with E-state index in [1.807, 2.05) is 18.2 Å². The van der Waals surface area contributed by atoms with E-state index in [-0.39, 0.29) is 0 Å². The second-order valence-corrected chi connectivity index (χ2v) is 6.28. The number of likely N-dealkylation sites (tertiary alicyclic amines) is 1. The number of hydrogen-bond acceptors (Lipinski definition) is 3. The predicted molar refractivity (Wildman–Crippen MR) is 89.5 cm³/mol. The lowest BCUT2D eigenvalue weighted by Crippen LogP contribution is -2.30. The summed E-state index contributed by atoms with van der Waals surface area (Å²) in [5, 5.41) is 12.3. The van der Waals surface area contributed by atoms with Crippen LogP contribution in [-0.4, -0.2) is 41.0 Å². The van der Waals surface area contributed by atoms with Crippen molar-refractivity contribution in [2.24, 2.45) is 4.99 Å². The topological polar surface area (TPSA) is 40.8 Å². The quantitative estimate of drug-likeness (QED) is 0.694. The molecule has 5 heteroatoms. The standard InChI is InChI=1S/C17H22ClN3O/c18-14-5-6-15-16(7-12-21(22)17(15)13-14)19-8-4-11-20-9-2-1-3-10-20/h5-7,12-13,22H,1-4,8-11H2. The molecule has 0 amide bonds. The maximum absolute atomic E-state index is 9.87.